The van der Waals surface area contributed by atoms with Crippen molar-refractivity contribution in [3.63, 3.8) is 0 Å². The number of anilines is 2. The molecule has 0 aliphatic heterocycles. The van der Waals surface area contributed by atoms with Crippen LogP contribution < -0.4 is 20.1 Å². The van der Waals surface area contributed by atoms with Gasteiger partial charge in [0.2, 0.25) is 0 Å². The molecule has 0 heterocycles. The molecule has 2 amide bonds. The summed E-state index contributed by atoms with van der Waals surface area (Å²) in [6.45, 7) is 0. The van der Waals surface area contributed by atoms with Crippen molar-refractivity contribution in [3.8, 4) is 11.5 Å². The van der Waals surface area contributed by atoms with Crippen LogP contribution in [0.15, 0.2) is 36.4 Å². The zero-order valence-corrected chi connectivity index (χ0v) is 14.0. The van der Waals surface area contributed by atoms with E-state index >= 15 is 0 Å². The number of hydrogen-bond acceptors (Lipinski definition) is 3. The van der Waals surface area contributed by atoms with Gasteiger partial charge in [0.15, 0.2) is 0 Å². The normalized spacial score (nSPS) is 11.0. The Morgan fingerprint density at radius 3 is 2.16 bits per heavy atom. The summed E-state index contributed by atoms with van der Waals surface area (Å²) in [7, 11) is 2.82. The van der Waals surface area contributed by atoms with Gasteiger partial charge in [0.25, 0.3) is 0 Å². The van der Waals surface area contributed by atoms with Crippen LogP contribution in [0.2, 0.25) is 5.02 Å². The Hall–Kier alpha value is -2.61. The highest BCUT2D eigenvalue weighted by Gasteiger charge is 2.33. The highest BCUT2D eigenvalue weighted by atomic mass is 35.5. The molecule has 134 valence electrons. The van der Waals surface area contributed by atoms with Gasteiger partial charge in [-0.15, -0.1) is 0 Å². The summed E-state index contributed by atoms with van der Waals surface area (Å²) < 4.78 is 48.9. The van der Waals surface area contributed by atoms with Gasteiger partial charge in [0, 0.05) is 5.69 Å². The number of carbonyl (C=O) groups excluding carboxylic acids is 1. The maximum absolute atomic E-state index is 12.9. The molecule has 5 nitrogen and oxygen atoms in total. The molecule has 0 unspecified atom stereocenters. The van der Waals surface area contributed by atoms with Crippen LogP contribution in [-0.2, 0) is 6.18 Å². The topological polar surface area (TPSA) is 59.6 Å². The van der Waals surface area contributed by atoms with E-state index in [1.54, 1.807) is 18.2 Å². The SMILES string of the molecule is COc1cccc(OC)c1NC(=O)Nc1ccc(Cl)c(C(F)(F)F)c1. The summed E-state index contributed by atoms with van der Waals surface area (Å²) in [4.78, 5) is 12.1. The first-order valence-electron chi connectivity index (χ1n) is 6.92. The van der Waals surface area contributed by atoms with Gasteiger partial charge in [-0.1, -0.05) is 17.7 Å². The van der Waals surface area contributed by atoms with E-state index in [1.165, 1.54) is 20.3 Å². The minimum atomic E-state index is -4.63. The van der Waals surface area contributed by atoms with E-state index in [2.05, 4.69) is 10.6 Å². The molecular formula is C16H14ClF3N2O3. The second kappa shape index (κ2) is 7.52. The van der Waals surface area contributed by atoms with Crippen molar-refractivity contribution in [1.29, 1.82) is 0 Å². The molecule has 0 spiro atoms. The average Bonchev–Trinajstić information content (AvgIpc) is 2.55. The molecular weight excluding hydrogens is 361 g/mol. The van der Waals surface area contributed by atoms with Crippen molar-refractivity contribution in [2.24, 2.45) is 0 Å². The second-order valence-corrected chi connectivity index (χ2v) is 5.22. The maximum Gasteiger partial charge on any atom is 0.417 e. The van der Waals surface area contributed by atoms with Gasteiger partial charge in [-0.25, -0.2) is 4.79 Å². The molecule has 0 radical (unpaired) electrons. The number of para-hydroxylation sites is 1. The minimum Gasteiger partial charge on any atom is -0.494 e. The molecule has 0 fully saturated rings. The third-order valence-corrected chi connectivity index (χ3v) is 3.53. The number of halogens is 4. The predicted molar refractivity (Wildman–Crippen MR) is 88.6 cm³/mol. The zero-order chi connectivity index (χ0) is 18.6. The Morgan fingerprint density at radius 1 is 1.04 bits per heavy atom. The molecule has 0 aromatic heterocycles. The number of amides is 2. The van der Waals surface area contributed by atoms with Crippen molar-refractivity contribution in [2.45, 2.75) is 6.18 Å². The van der Waals surface area contributed by atoms with E-state index in [0.29, 0.717) is 11.5 Å². The molecule has 0 bridgehead atoms. The molecule has 25 heavy (non-hydrogen) atoms. The van der Waals surface area contributed by atoms with E-state index < -0.39 is 22.8 Å². The summed E-state index contributed by atoms with van der Waals surface area (Å²) in [5.74, 6) is 0.670. The van der Waals surface area contributed by atoms with Crippen molar-refractivity contribution < 1.29 is 27.4 Å². The minimum absolute atomic E-state index is 0.0666. The van der Waals surface area contributed by atoms with Crippen LogP contribution >= 0.6 is 11.6 Å². The highest BCUT2D eigenvalue weighted by molar-refractivity contribution is 6.31. The molecule has 2 rings (SSSR count). The number of nitrogens with one attached hydrogen (secondary N) is 2. The number of rotatable bonds is 4. The maximum atomic E-state index is 12.9. The number of urea groups is 1. The lowest BCUT2D eigenvalue weighted by atomic mass is 10.2. The summed E-state index contributed by atoms with van der Waals surface area (Å²) in [6.07, 6.45) is -4.63. The van der Waals surface area contributed by atoms with Crippen molar-refractivity contribution in [2.75, 3.05) is 24.9 Å². The zero-order valence-electron chi connectivity index (χ0n) is 13.2. The number of carbonyl (C=O) groups is 1. The highest BCUT2D eigenvalue weighted by Crippen LogP contribution is 2.37. The molecule has 0 atom stereocenters. The summed E-state index contributed by atoms with van der Waals surface area (Å²) >= 11 is 5.54. The van der Waals surface area contributed by atoms with Crippen LogP contribution in [0.25, 0.3) is 0 Å². The van der Waals surface area contributed by atoms with Crippen LogP contribution in [0.1, 0.15) is 5.56 Å². The quantitative estimate of drug-likeness (QED) is 0.790. The third-order valence-electron chi connectivity index (χ3n) is 3.20. The Labute approximate surface area is 146 Å². The summed E-state index contributed by atoms with van der Waals surface area (Å²) in [5.41, 5.74) is -0.861. The Balaban J connectivity index is 2.22. The van der Waals surface area contributed by atoms with Gasteiger partial charge in [-0.3, -0.25) is 0 Å². The first kappa shape index (κ1) is 18.7. The first-order valence-corrected chi connectivity index (χ1v) is 7.29. The first-order chi connectivity index (χ1) is 11.8. The van der Waals surface area contributed by atoms with E-state index in [4.69, 9.17) is 21.1 Å². The Morgan fingerprint density at radius 2 is 1.64 bits per heavy atom. The second-order valence-electron chi connectivity index (χ2n) is 4.81. The van der Waals surface area contributed by atoms with Gasteiger partial charge < -0.3 is 20.1 Å². The number of ether oxygens (including phenoxy) is 2. The van der Waals surface area contributed by atoms with E-state index in [0.717, 1.165) is 12.1 Å². The molecule has 2 aromatic carbocycles. The van der Waals surface area contributed by atoms with E-state index in [-0.39, 0.29) is 11.4 Å². The third kappa shape index (κ3) is 4.48. The number of benzene rings is 2. The smallest absolute Gasteiger partial charge is 0.417 e. The lowest BCUT2D eigenvalue weighted by molar-refractivity contribution is -0.137. The fourth-order valence-electron chi connectivity index (χ4n) is 2.07. The average molecular weight is 375 g/mol. The van der Waals surface area contributed by atoms with Crippen LogP contribution in [0.3, 0.4) is 0 Å². The van der Waals surface area contributed by atoms with Crippen LogP contribution in [-0.4, -0.2) is 20.3 Å². The largest absolute Gasteiger partial charge is 0.494 e. The molecule has 0 aliphatic carbocycles. The molecule has 0 saturated heterocycles. The van der Waals surface area contributed by atoms with Gasteiger partial charge >= 0.3 is 12.2 Å². The molecule has 0 saturated carbocycles. The Bertz CT molecular complexity index is 759. The molecule has 9 heteroatoms. The monoisotopic (exact) mass is 374 g/mol. The predicted octanol–water partition coefficient (Wildman–Crippen LogP) is 5.02. The summed E-state index contributed by atoms with van der Waals surface area (Å²) in [5, 5.41) is 4.35. The standard InChI is InChI=1S/C16H14ClF3N2O3/c1-24-12-4-3-5-13(25-2)14(12)22-15(23)21-9-6-7-11(17)10(8-9)16(18,19)20/h3-8H,1-2H3,(H2,21,22,23). The molecule has 0 aliphatic rings. The fourth-order valence-corrected chi connectivity index (χ4v) is 2.30. The number of hydrogen-bond donors (Lipinski definition) is 2. The fraction of sp³-hybridized carbons (Fsp3) is 0.188. The van der Waals surface area contributed by atoms with Gasteiger partial charge in [-0.2, -0.15) is 13.2 Å². The Kier molecular flexibility index (Phi) is 5.63. The van der Waals surface area contributed by atoms with E-state index in [1.807, 2.05) is 0 Å². The lowest BCUT2D eigenvalue weighted by Gasteiger charge is -2.15. The van der Waals surface area contributed by atoms with Crippen LogP contribution in [0.5, 0.6) is 11.5 Å². The van der Waals surface area contributed by atoms with Crippen molar-refractivity contribution in [1.82, 2.24) is 0 Å². The van der Waals surface area contributed by atoms with Gasteiger partial charge in [0.1, 0.15) is 17.2 Å². The van der Waals surface area contributed by atoms with Crippen LogP contribution in [0, 0.1) is 0 Å². The number of methoxy groups -OCH3 is 2. The van der Waals surface area contributed by atoms with Gasteiger partial charge in [0.05, 0.1) is 24.8 Å². The molecule has 2 N–H and O–H groups in total. The summed E-state index contributed by atoms with van der Waals surface area (Å²) in [6, 6.07) is 7.17. The number of alkyl halides is 3. The van der Waals surface area contributed by atoms with E-state index in [9.17, 15) is 18.0 Å². The van der Waals surface area contributed by atoms with Gasteiger partial charge in [-0.05, 0) is 30.3 Å². The van der Waals surface area contributed by atoms with Crippen molar-refractivity contribution in [3.05, 3.63) is 47.0 Å². The van der Waals surface area contributed by atoms with Crippen LogP contribution in [0.4, 0.5) is 29.3 Å². The van der Waals surface area contributed by atoms with Crippen molar-refractivity contribution >= 4 is 29.0 Å². The molecule has 2 aromatic rings. The lowest BCUT2D eigenvalue weighted by Crippen LogP contribution is -2.20.